The monoisotopic (exact) mass is 454 g/mol. The SMILES string of the molecule is Cc1ccc(C(=O)NCCNC(=O)c2cc3c(C)nn(-c4ccc(F)cc4)c3s2)cc1F. The Labute approximate surface area is 186 Å². The molecule has 9 heteroatoms. The van der Waals surface area contributed by atoms with Crippen molar-refractivity contribution in [2.75, 3.05) is 13.1 Å². The van der Waals surface area contributed by atoms with Crippen molar-refractivity contribution in [3.63, 3.8) is 0 Å². The van der Waals surface area contributed by atoms with E-state index in [2.05, 4.69) is 15.7 Å². The molecule has 0 saturated heterocycles. The number of carbonyl (C=O) groups is 2. The molecule has 2 aromatic heterocycles. The van der Waals surface area contributed by atoms with Crippen LogP contribution in [0.3, 0.4) is 0 Å². The lowest BCUT2D eigenvalue weighted by atomic mass is 10.1. The highest BCUT2D eigenvalue weighted by molar-refractivity contribution is 7.20. The van der Waals surface area contributed by atoms with Crippen LogP contribution in [0.15, 0.2) is 48.5 Å². The second kappa shape index (κ2) is 8.88. The molecule has 2 amide bonds. The molecule has 2 heterocycles. The molecule has 0 aliphatic rings. The summed E-state index contributed by atoms with van der Waals surface area (Å²) in [5.41, 5.74) is 2.16. The first kappa shape index (κ1) is 21.6. The molecule has 2 aromatic carbocycles. The average Bonchev–Trinajstić information content (AvgIpc) is 3.34. The Hall–Kier alpha value is -3.59. The third-order valence-electron chi connectivity index (χ3n) is 4.97. The van der Waals surface area contributed by atoms with Crippen LogP contribution >= 0.6 is 11.3 Å². The minimum absolute atomic E-state index is 0.202. The molecule has 164 valence electrons. The average molecular weight is 455 g/mol. The van der Waals surface area contributed by atoms with Gasteiger partial charge in [-0.1, -0.05) is 6.07 Å². The lowest BCUT2D eigenvalue weighted by molar-refractivity contribution is 0.0929. The van der Waals surface area contributed by atoms with E-state index in [1.54, 1.807) is 41.9 Å². The highest BCUT2D eigenvalue weighted by Gasteiger charge is 2.17. The largest absolute Gasteiger partial charge is 0.350 e. The molecule has 0 fully saturated rings. The smallest absolute Gasteiger partial charge is 0.261 e. The van der Waals surface area contributed by atoms with E-state index in [4.69, 9.17) is 0 Å². The van der Waals surface area contributed by atoms with Crippen LogP contribution in [-0.4, -0.2) is 34.7 Å². The summed E-state index contributed by atoms with van der Waals surface area (Å²) in [7, 11) is 0. The lowest BCUT2D eigenvalue weighted by Crippen LogP contribution is -2.34. The molecular formula is C23H20F2N4O2S. The van der Waals surface area contributed by atoms with Crippen molar-refractivity contribution in [2.45, 2.75) is 13.8 Å². The van der Waals surface area contributed by atoms with Gasteiger partial charge in [-0.3, -0.25) is 9.59 Å². The Morgan fingerprint density at radius 3 is 2.34 bits per heavy atom. The van der Waals surface area contributed by atoms with Gasteiger partial charge in [0.05, 0.1) is 16.3 Å². The van der Waals surface area contributed by atoms with Crippen molar-refractivity contribution < 1.29 is 18.4 Å². The normalized spacial score (nSPS) is 11.0. The topological polar surface area (TPSA) is 76.0 Å². The highest BCUT2D eigenvalue weighted by atomic mass is 32.1. The van der Waals surface area contributed by atoms with Crippen molar-refractivity contribution in [2.24, 2.45) is 0 Å². The van der Waals surface area contributed by atoms with Gasteiger partial charge in [0.1, 0.15) is 16.5 Å². The van der Waals surface area contributed by atoms with E-state index < -0.39 is 11.7 Å². The van der Waals surface area contributed by atoms with Crippen LogP contribution < -0.4 is 10.6 Å². The van der Waals surface area contributed by atoms with E-state index in [0.717, 1.165) is 15.9 Å². The molecule has 0 radical (unpaired) electrons. The first-order valence-electron chi connectivity index (χ1n) is 9.91. The van der Waals surface area contributed by atoms with E-state index in [1.165, 1.54) is 29.5 Å². The molecule has 0 atom stereocenters. The van der Waals surface area contributed by atoms with Crippen LogP contribution in [0.4, 0.5) is 8.78 Å². The zero-order valence-corrected chi connectivity index (χ0v) is 18.2. The van der Waals surface area contributed by atoms with Crippen LogP contribution in [0.1, 0.15) is 31.3 Å². The summed E-state index contributed by atoms with van der Waals surface area (Å²) in [5.74, 6) is -1.45. The van der Waals surface area contributed by atoms with Crippen molar-refractivity contribution >= 4 is 33.4 Å². The number of benzene rings is 2. The number of carbonyl (C=O) groups excluding carboxylic acids is 2. The van der Waals surface area contributed by atoms with Crippen LogP contribution in [0.2, 0.25) is 0 Å². The van der Waals surface area contributed by atoms with E-state index in [1.807, 2.05) is 6.92 Å². The first-order chi connectivity index (χ1) is 15.3. The van der Waals surface area contributed by atoms with Crippen molar-refractivity contribution in [1.82, 2.24) is 20.4 Å². The van der Waals surface area contributed by atoms with Crippen molar-refractivity contribution in [3.05, 3.63) is 81.9 Å². The number of nitrogens with zero attached hydrogens (tertiary/aromatic N) is 2. The Morgan fingerprint density at radius 1 is 0.969 bits per heavy atom. The van der Waals surface area contributed by atoms with E-state index in [-0.39, 0.29) is 30.4 Å². The number of fused-ring (bicyclic) bond motifs is 1. The minimum Gasteiger partial charge on any atom is -0.350 e. The van der Waals surface area contributed by atoms with Crippen LogP contribution in [0.5, 0.6) is 0 Å². The number of amides is 2. The van der Waals surface area contributed by atoms with E-state index in [0.29, 0.717) is 16.1 Å². The third-order valence-corrected chi connectivity index (χ3v) is 6.08. The standard InChI is InChI=1S/C23H20F2N4O2S/c1-13-3-4-15(11-19(13)25)21(30)26-9-10-27-22(31)20-12-18-14(2)28-29(23(18)32-20)17-7-5-16(24)6-8-17/h3-8,11-12H,9-10H2,1-2H3,(H,26,30)(H,27,31). The molecule has 0 spiro atoms. The van der Waals surface area contributed by atoms with Crippen LogP contribution in [0, 0.1) is 25.5 Å². The zero-order valence-electron chi connectivity index (χ0n) is 17.4. The van der Waals surface area contributed by atoms with Crippen LogP contribution in [-0.2, 0) is 0 Å². The summed E-state index contributed by atoms with van der Waals surface area (Å²) in [6.07, 6.45) is 0. The highest BCUT2D eigenvalue weighted by Crippen LogP contribution is 2.30. The van der Waals surface area contributed by atoms with Gasteiger partial charge in [0.25, 0.3) is 11.8 Å². The maximum Gasteiger partial charge on any atom is 0.261 e. The van der Waals surface area contributed by atoms with Gasteiger partial charge >= 0.3 is 0 Å². The summed E-state index contributed by atoms with van der Waals surface area (Å²) in [4.78, 5) is 26.0. The number of hydrogen-bond acceptors (Lipinski definition) is 4. The van der Waals surface area contributed by atoms with Gasteiger partial charge in [-0.2, -0.15) is 5.10 Å². The van der Waals surface area contributed by atoms with Gasteiger partial charge in [0, 0.05) is 24.0 Å². The predicted molar refractivity (Wildman–Crippen MR) is 119 cm³/mol. The van der Waals surface area contributed by atoms with Gasteiger partial charge in [-0.25, -0.2) is 13.5 Å². The van der Waals surface area contributed by atoms with E-state index in [9.17, 15) is 18.4 Å². The van der Waals surface area contributed by atoms with Crippen molar-refractivity contribution in [3.8, 4) is 5.69 Å². The Morgan fingerprint density at radius 2 is 1.66 bits per heavy atom. The molecule has 4 rings (SSSR count). The predicted octanol–water partition coefficient (Wildman–Crippen LogP) is 4.14. The number of aryl methyl sites for hydroxylation is 2. The fraction of sp³-hybridized carbons (Fsp3) is 0.174. The molecule has 0 aliphatic heterocycles. The Kier molecular flexibility index (Phi) is 6.00. The number of rotatable bonds is 6. The van der Waals surface area contributed by atoms with Gasteiger partial charge in [0.15, 0.2) is 0 Å². The third kappa shape index (κ3) is 4.38. The van der Waals surface area contributed by atoms with Gasteiger partial charge in [-0.05, 0) is 61.9 Å². The summed E-state index contributed by atoms with van der Waals surface area (Å²) >= 11 is 1.28. The number of halogens is 2. The van der Waals surface area contributed by atoms with Crippen LogP contribution in [0.25, 0.3) is 15.9 Å². The summed E-state index contributed by atoms with van der Waals surface area (Å²) < 4.78 is 28.5. The minimum atomic E-state index is -0.440. The summed E-state index contributed by atoms with van der Waals surface area (Å²) in [6, 6.07) is 12.0. The Bertz CT molecular complexity index is 1310. The van der Waals surface area contributed by atoms with E-state index >= 15 is 0 Å². The fourth-order valence-corrected chi connectivity index (χ4v) is 4.29. The van der Waals surface area contributed by atoms with Crippen molar-refractivity contribution in [1.29, 1.82) is 0 Å². The molecule has 4 aromatic rings. The molecule has 0 saturated carbocycles. The number of thiophene rings is 1. The number of hydrogen-bond donors (Lipinski definition) is 2. The molecule has 0 bridgehead atoms. The summed E-state index contributed by atoms with van der Waals surface area (Å²) in [6.45, 7) is 3.89. The van der Waals surface area contributed by atoms with Gasteiger partial charge < -0.3 is 10.6 Å². The maximum atomic E-state index is 13.6. The lowest BCUT2D eigenvalue weighted by Gasteiger charge is -2.07. The molecule has 6 nitrogen and oxygen atoms in total. The molecule has 0 aliphatic carbocycles. The summed E-state index contributed by atoms with van der Waals surface area (Å²) in [5, 5.41) is 10.8. The molecular weight excluding hydrogens is 434 g/mol. The fourth-order valence-electron chi connectivity index (χ4n) is 3.19. The molecule has 32 heavy (non-hydrogen) atoms. The molecule has 0 unspecified atom stereocenters. The number of nitrogens with one attached hydrogen (secondary N) is 2. The first-order valence-corrected chi connectivity index (χ1v) is 10.7. The number of aromatic nitrogens is 2. The van der Waals surface area contributed by atoms with Gasteiger partial charge in [-0.15, -0.1) is 11.3 Å². The Balaban J connectivity index is 1.39. The quantitative estimate of drug-likeness (QED) is 0.430. The maximum absolute atomic E-state index is 13.6. The second-order valence-corrected chi connectivity index (χ2v) is 8.31. The second-order valence-electron chi connectivity index (χ2n) is 7.28. The zero-order chi connectivity index (χ0) is 22.8. The van der Waals surface area contributed by atoms with Gasteiger partial charge in [0.2, 0.25) is 0 Å². The molecule has 2 N–H and O–H groups in total.